The summed E-state index contributed by atoms with van der Waals surface area (Å²) in [4.78, 5) is 37.9. The largest absolute Gasteiger partial charge is 0.352 e. The summed E-state index contributed by atoms with van der Waals surface area (Å²) in [5.41, 5.74) is 3.34. The quantitative estimate of drug-likeness (QED) is 0.270. The van der Waals surface area contributed by atoms with E-state index < -0.39 is 0 Å². The van der Waals surface area contributed by atoms with Crippen LogP contribution in [0.15, 0.2) is 54.9 Å². The Labute approximate surface area is 193 Å². The Morgan fingerprint density at radius 2 is 1.67 bits per heavy atom. The molecule has 4 heterocycles. The second-order valence-corrected chi connectivity index (χ2v) is 9.17. The van der Waals surface area contributed by atoms with Gasteiger partial charge in [-0.05, 0) is 49.4 Å². The molecule has 6 nitrogen and oxygen atoms in total. The standard InChI is InChI=1S/C27H30N4O2/c32-26(24-17-21-18-28-13-10-23(21)29-24)9-3-1-2-6-19-11-14-31(15-12-19)27(33)25-16-20-7-4-5-8-22(20)30-25/h4-5,7-8,10,13,16-19,29-30H,1-3,6,9,11-12,14-15H2. The number of pyridine rings is 1. The highest BCUT2D eigenvalue weighted by Crippen LogP contribution is 2.25. The second kappa shape index (κ2) is 9.61. The molecule has 0 bridgehead atoms. The predicted molar refractivity (Wildman–Crippen MR) is 130 cm³/mol. The van der Waals surface area contributed by atoms with E-state index in [1.54, 1.807) is 12.4 Å². The first-order valence-electron chi connectivity index (χ1n) is 12.0. The average Bonchev–Trinajstić information content (AvgIpc) is 3.48. The molecule has 0 aliphatic carbocycles. The molecular weight excluding hydrogens is 412 g/mol. The van der Waals surface area contributed by atoms with Gasteiger partial charge < -0.3 is 14.9 Å². The highest BCUT2D eigenvalue weighted by atomic mass is 16.2. The van der Waals surface area contributed by atoms with Crippen molar-refractivity contribution < 1.29 is 9.59 Å². The van der Waals surface area contributed by atoms with Crippen molar-refractivity contribution in [3.63, 3.8) is 0 Å². The number of nitrogens with one attached hydrogen (secondary N) is 2. The number of ketones is 1. The zero-order chi connectivity index (χ0) is 22.6. The highest BCUT2D eigenvalue weighted by molar-refractivity contribution is 5.99. The summed E-state index contributed by atoms with van der Waals surface area (Å²) in [6, 6.07) is 13.8. The second-order valence-electron chi connectivity index (χ2n) is 9.17. The fraction of sp³-hybridized carbons (Fsp3) is 0.370. The number of likely N-dealkylation sites (tertiary alicyclic amines) is 1. The number of benzene rings is 1. The first-order chi connectivity index (χ1) is 16.2. The number of rotatable bonds is 8. The molecule has 1 amide bonds. The Bertz CT molecular complexity index is 1200. The van der Waals surface area contributed by atoms with E-state index in [-0.39, 0.29) is 11.7 Å². The number of para-hydroxylation sites is 1. The van der Waals surface area contributed by atoms with Crippen LogP contribution in [0.5, 0.6) is 0 Å². The van der Waals surface area contributed by atoms with Gasteiger partial charge in [-0.15, -0.1) is 0 Å². The van der Waals surface area contributed by atoms with Gasteiger partial charge in [0.15, 0.2) is 5.78 Å². The minimum absolute atomic E-state index is 0.107. The van der Waals surface area contributed by atoms with Crippen LogP contribution in [-0.2, 0) is 0 Å². The summed E-state index contributed by atoms with van der Waals surface area (Å²) in [5, 5.41) is 2.06. The molecule has 33 heavy (non-hydrogen) atoms. The van der Waals surface area contributed by atoms with Gasteiger partial charge in [0.2, 0.25) is 0 Å². The molecule has 1 aliphatic heterocycles. The van der Waals surface area contributed by atoms with Crippen LogP contribution < -0.4 is 0 Å². The third kappa shape index (κ3) is 4.85. The molecule has 1 aliphatic rings. The van der Waals surface area contributed by atoms with Crippen LogP contribution in [0.3, 0.4) is 0 Å². The number of hydrogen-bond acceptors (Lipinski definition) is 3. The first-order valence-corrected chi connectivity index (χ1v) is 12.0. The maximum atomic E-state index is 12.9. The molecule has 2 N–H and O–H groups in total. The molecule has 1 saturated heterocycles. The number of amides is 1. The number of aromatic nitrogens is 3. The Morgan fingerprint density at radius 1 is 0.909 bits per heavy atom. The van der Waals surface area contributed by atoms with E-state index >= 15 is 0 Å². The molecule has 0 spiro atoms. The number of carbonyl (C=O) groups excluding carboxylic acids is 2. The lowest BCUT2D eigenvalue weighted by atomic mass is 9.91. The minimum Gasteiger partial charge on any atom is -0.352 e. The molecule has 5 rings (SSSR count). The fourth-order valence-corrected chi connectivity index (χ4v) is 4.94. The monoisotopic (exact) mass is 442 g/mol. The van der Waals surface area contributed by atoms with Gasteiger partial charge in [0.1, 0.15) is 5.69 Å². The molecule has 6 heteroatoms. The van der Waals surface area contributed by atoms with E-state index in [4.69, 9.17) is 0 Å². The van der Waals surface area contributed by atoms with Gasteiger partial charge in [-0.25, -0.2) is 0 Å². The SMILES string of the molecule is O=C(CCCCCC1CCN(C(=O)c2cc3ccccc3[nH]2)CC1)c1cc2cnccc2[nH]1. The van der Waals surface area contributed by atoms with E-state index in [1.807, 2.05) is 47.4 Å². The van der Waals surface area contributed by atoms with Crippen LogP contribution in [0.2, 0.25) is 0 Å². The summed E-state index contributed by atoms with van der Waals surface area (Å²) in [7, 11) is 0. The molecular formula is C27H30N4O2. The Balaban J connectivity index is 1.01. The van der Waals surface area contributed by atoms with Crippen molar-refractivity contribution in [2.45, 2.75) is 44.9 Å². The summed E-state index contributed by atoms with van der Waals surface area (Å²) in [6.45, 7) is 1.65. The third-order valence-electron chi connectivity index (χ3n) is 6.90. The molecule has 170 valence electrons. The van der Waals surface area contributed by atoms with Crippen LogP contribution in [0.4, 0.5) is 0 Å². The topological polar surface area (TPSA) is 81.8 Å². The minimum atomic E-state index is 0.107. The van der Waals surface area contributed by atoms with Crippen molar-refractivity contribution in [1.82, 2.24) is 19.9 Å². The maximum absolute atomic E-state index is 12.9. The lowest BCUT2D eigenvalue weighted by Crippen LogP contribution is -2.38. The first kappa shape index (κ1) is 21.4. The molecule has 1 fully saturated rings. The zero-order valence-corrected chi connectivity index (χ0v) is 18.8. The Morgan fingerprint density at radius 3 is 2.48 bits per heavy atom. The molecule has 3 aromatic heterocycles. The van der Waals surface area contributed by atoms with Crippen LogP contribution in [-0.4, -0.2) is 44.6 Å². The van der Waals surface area contributed by atoms with Crippen molar-refractivity contribution in [2.75, 3.05) is 13.1 Å². The molecule has 1 aromatic carbocycles. The summed E-state index contributed by atoms with van der Waals surface area (Å²) < 4.78 is 0. The number of aromatic amines is 2. The van der Waals surface area contributed by atoms with Gasteiger partial charge in [-0.3, -0.25) is 14.6 Å². The van der Waals surface area contributed by atoms with Crippen molar-refractivity contribution in [3.05, 3.63) is 66.2 Å². The van der Waals surface area contributed by atoms with Gasteiger partial charge in [0.05, 0.1) is 5.69 Å². The van der Waals surface area contributed by atoms with Gasteiger partial charge in [-0.1, -0.05) is 37.5 Å². The van der Waals surface area contributed by atoms with Gasteiger partial charge in [-0.2, -0.15) is 0 Å². The number of fused-ring (bicyclic) bond motifs is 2. The summed E-state index contributed by atoms with van der Waals surface area (Å²) in [6.07, 6.45) is 10.5. The molecule has 4 aromatic rings. The maximum Gasteiger partial charge on any atom is 0.270 e. The molecule has 0 radical (unpaired) electrons. The number of Topliss-reactive ketones (excluding diaryl/α,β-unsaturated/α-hetero) is 1. The highest BCUT2D eigenvalue weighted by Gasteiger charge is 2.24. The third-order valence-corrected chi connectivity index (χ3v) is 6.90. The van der Waals surface area contributed by atoms with Crippen LogP contribution in [0.25, 0.3) is 21.8 Å². The van der Waals surface area contributed by atoms with Crippen LogP contribution in [0.1, 0.15) is 65.9 Å². The van der Waals surface area contributed by atoms with E-state index in [1.165, 1.54) is 6.42 Å². The zero-order valence-electron chi connectivity index (χ0n) is 18.8. The van der Waals surface area contributed by atoms with Crippen LogP contribution in [0, 0.1) is 5.92 Å². The number of unbranched alkanes of at least 4 members (excludes halogenated alkanes) is 2. The van der Waals surface area contributed by atoms with E-state index in [9.17, 15) is 9.59 Å². The molecule has 0 unspecified atom stereocenters. The summed E-state index contributed by atoms with van der Waals surface area (Å²) in [5.74, 6) is 0.958. The molecule has 0 saturated carbocycles. The lowest BCUT2D eigenvalue weighted by molar-refractivity contribution is 0.0680. The number of piperidine rings is 1. The van der Waals surface area contributed by atoms with Crippen molar-refractivity contribution >= 4 is 33.5 Å². The molecule has 0 atom stereocenters. The van der Waals surface area contributed by atoms with E-state index in [0.717, 1.165) is 67.0 Å². The number of carbonyl (C=O) groups is 2. The fourth-order valence-electron chi connectivity index (χ4n) is 4.94. The van der Waals surface area contributed by atoms with Crippen molar-refractivity contribution in [2.24, 2.45) is 5.92 Å². The average molecular weight is 443 g/mol. The number of hydrogen-bond donors (Lipinski definition) is 2. The van der Waals surface area contributed by atoms with Gasteiger partial charge in [0.25, 0.3) is 5.91 Å². The smallest absolute Gasteiger partial charge is 0.270 e. The Kier molecular flexibility index (Phi) is 6.24. The van der Waals surface area contributed by atoms with Crippen LogP contribution >= 0.6 is 0 Å². The van der Waals surface area contributed by atoms with Crippen molar-refractivity contribution in [1.29, 1.82) is 0 Å². The van der Waals surface area contributed by atoms with Crippen molar-refractivity contribution in [3.8, 4) is 0 Å². The normalized spacial score (nSPS) is 14.8. The van der Waals surface area contributed by atoms with E-state index in [2.05, 4.69) is 15.0 Å². The predicted octanol–water partition coefficient (Wildman–Crippen LogP) is 5.73. The number of H-pyrrole nitrogens is 2. The van der Waals surface area contributed by atoms with E-state index in [0.29, 0.717) is 23.7 Å². The van der Waals surface area contributed by atoms with Gasteiger partial charge in [0, 0.05) is 53.7 Å². The summed E-state index contributed by atoms with van der Waals surface area (Å²) >= 11 is 0. The number of nitrogens with zero attached hydrogens (tertiary/aromatic N) is 2. The lowest BCUT2D eigenvalue weighted by Gasteiger charge is -2.31. The van der Waals surface area contributed by atoms with Gasteiger partial charge >= 0.3 is 0 Å². The Hall–Kier alpha value is -3.41.